The fourth-order valence-electron chi connectivity index (χ4n) is 3.54. The molecule has 4 amide bonds. The molecule has 0 bridgehead atoms. The normalized spacial score (nSPS) is 14.0. The Balaban J connectivity index is 2.54. The van der Waals surface area contributed by atoms with E-state index >= 15 is 0 Å². The van der Waals surface area contributed by atoms with Crippen LogP contribution < -0.4 is 5.32 Å². The number of alkyl halides is 1. The predicted octanol–water partition coefficient (Wildman–Crippen LogP) is 2.16. The van der Waals surface area contributed by atoms with Crippen molar-refractivity contribution >= 4 is 45.3 Å². The van der Waals surface area contributed by atoms with Crippen LogP contribution in [0.4, 0.5) is 0 Å². The summed E-state index contributed by atoms with van der Waals surface area (Å²) in [6.45, 7) is 6.17. The van der Waals surface area contributed by atoms with Crippen LogP contribution in [-0.4, -0.2) is 85.8 Å². The van der Waals surface area contributed by atoms with Gasteiger partial charge in [-0.2, -0.15) is 0 Å². The summed E-state index contributed by atoms with van der Waals surface area (Å²) in [6, 6.07) is 0. The van der Waals surface area contributed by atoms with Crippen LogP contribution in [0.5, 0.6) is 0 Å². The highest BCUT2D eigenvalue weighted by Crippen LogP contribution is 2.20. The second-order valence-corrected chi connectivity index (χ2v) is 9.16. The van der Waals surface area contributed by atoms with E-state index in [0.717, 1.165) is 4.90 Å². The monoisotopic (exact) mass is 562 g/mol. The maximum Gasteiger partial charge on any atom is 0.236 e. The number of unbranched alkanes of at least 4 members (excludes halogenated alkanes) is 1. The van der Waals surface area contributed by atoms with Gasteiger partial charge in [0.15, 0.2) is 0 Å². The molecule has 0 aromatic heterocycles. The number of nitrogens with one attached hydrogen (secondary N) is 1. The van der Waals surface area contributed by atoms with Crippen molar-refractivity contribution in [1.82, 2.24) is 10.2 Å². The molecular weight excluding hydrogens is 524 g/mol. The van der Waals surface area contributed by atoms with Crippen LogP contribution in [0.1, 0.15) is 65.2 Å². The number of amides is 4. The Labute approximate surface area is 215 Å². The van der Waals surface area contributed by atoms with E-state index < -0.39 is 23.1 Å². The van der Waals surface area contributed by atoms with Crippen molar-refractivity contribution in [2.45, 2.75) is 65.2 Å². The minimum Gasteiger partial charge on any atom is -0.381 e. The van der Waals surface area contributed by atoms with Gasteiger partial charge in [-0.3, -0.25) is 24.0 Å². The topological polar surface area (TPSA) is 128 Å². The van der Waals surface area contributed by atoms with E-state index in [9.17, 15) is 24.0 Å². The molecule has 1 rings (SSSR count). The van der Waals surface area contributed by atoms with Crippen LogP contribution in [0.25, 0.3) is 0 Å². The number of hydrogen-bond acceptors (Lipinski definition) is 8. The molecule has 1 N–H and O–H groups in total. The van der Waals surface area contributed by atoms with Gasteiger partial charge in [-0.15, -0.1) is 0 Å². The van der Waals surface area contributed by atoms with Crippen molar-refractivity contribution in [3.05, 3.63) is 0 Å². The molecule has 1 saturated heterocycles. The first-order valence-corrected chi connectivity index (χ1v) is 13.4. The number of ether oxygens (including phenoxy) is 3. The Morgan fingerprint density at radius 2 is 1.46 bits per heavy atom. The molecule has 0 spiro atoms. The molecule has 0 aromatic rings. The molecule has 0 saturated carbocycles. The highest BCUT2D eigenvalue weighted by Gasteiger charge is 2.34. The predicted molar refractivity (Wildman–Crippen MR) is 132 cm³/mol. The molecule has 0 radical (unpaired) electrons. The Hall–Kier alpha value is -1.69. The molecular formula is C24H39BrN2O8. The van der Waals surface area contributed by atoms with Crippen molar-refractivity contribution in [2.75, 3.05) is 51.5 Å². The summed E-state index contributed by atoms with van der Waals surface area (Å²) < 4.78 is 17.2. The van der Waals surface area contributed by atoms with Crippen molar-refractivity contribution in [3.8, 4) is 0 Å². The highest BCUT2D eigenvalue weighted by molar-refractivity contribution is 9.09. The molecule has 35 heavy (non-hydrogen) atoms. The smallest absolute Gasteiger partial charge is 0.236 e. The van der Waals surface area contributed by atoms with Gasteiger partial charge in [0, 0.05) is 58.5 Å². The highest BCUT2D eigenvalue weighted by atomic mass is 79.9. The van der Waals surface area contributed by atoms with Crippen LogP contribution >= 0.6 is 15.9 Å². The average molecular weight is 563 g/mol. The van der Waals surface area contributed by atoms with Gasteiger partial charge in [0.1, 0.15) is 5.78 Å². The maximum atomic E-state index is 12.4. The summed E-state index contributed by atoms with van der Waals surface area (Å²) in [4.78, 5) is 60.0. The number of ketones is 1. The first-order valence-electron chi connectivity index (χ1n) is 12.2. The Morgan fingerprint density at radius 3 is 2.03 bits per heavy atom. The number of nitrogens with zero attached hydrogens (tertiary/aromatic N) is 1. The summed E-state index contributed by atoms with van der Waals surface area (Å²) >= 11 is 3.13. The van der Waals surface area contributed by atoms with Gasteiger partial charge < -0.3 is 19.5 Å². The van der Waals surface area contributed by atoms with Gasteiger partial charge in [0.05, 0.1) is 30.6 Å². The minimum absolute atomic E-state index is 0.0374. The number of hydrogen-bond donors (Lipinski definition) is 1. The SMILES string of the molecule is CCOCC(CNC(=O)CCCCC(=O)CBr)(COCC)COCCCC(=O)N1C(=O)CCC1=O. The second-order valence-electron chi connectivity index (χ2n) is 8.60. The van der Waals surface area contributed by atoms with Crippen LogP contribution in [0.3, 0.4) is 0 Å². The molecule has 200 valence electrons. The second kappa shape index (κ2) is 17.7. The number of halogens is 1. The summed E-state index contributed by atoms with van der Waals surface area (Å²) in [5.74, 6) is -1.38. The van der Waals surface area contributed by atoms with E-state index in [-0.39, 0.29) is 44.2 Å². The molecule has 11 heteroatoms. The van der Waals surface area contributed by atoms with E-state index in [4.69, 9.17) is 14.2 Å². The summed E-state index contributed by atoms with van der Waals surface area (Å²) in [6.07, 6.45) is 2.63. The van der Waals surface area contributed by atoms with Crippen LogP contribution in [0.15, 0.2) is 0 Å². The van der Waals surface area contributed by atoms with Crippen LogP contribution in [0.2, 0.25) is 0 Å². The zero-order chi connectivity index (χ0) is 26.1. The number of likely N-dealkylation sites (tertiary alicyclic amines) is 1. The fraction of sp³-hybridized carbons (Fsp3) is 0.792. The van der Waals surface area contributed by atoms with Gasteiger partial charge in [0.25, 0.3) is 0 Å². The fourth-order valence-corrected chi connectivity index (χ4v) is 3.83. The third-order valence-electron chi connectivity index (χ3n) is 5.53. The van der Waals surface area contributed by atoms with E-state index in [1.54, 1.807) is 0 Å². The molecule has 0 aromatic carbocycles. The molecule has 0 unspecified atom stereocenters. The first-order chi connectivity index (χ1) is 16.8. The zero-order valence-electron chi connectivity index (χ0n) is 20.9. The summed E-state index contributed by atoms with van der Waals surface area (Å²) in [7, 11) is 0. The third kappa shape index (κ3) is 12.2. The number of carbonyl (C=O) groups excluding carboxylic acids is 5. The van der Waals surface area contributed by atoms with Gasteiger partial charge in [0.2, 0.25) is 23.6 Å². The lowest BCUT2D eigenvalue weighted by atomic mass is 9.90. The number of Topliss-reactive ketones (excluding diaryl/α,β-unsaturated/α-hetero) is 1. The number of rotatable bonds is 20. The van der Waals surface area contributed by atoms with Gasteiger partial charge in [-0.05, 0) is 33.1 Å². The van der Waals surface area contributed by atoms with Gasteiger partial charge in [-0.25, -0.2) is 4.90 Å². The maximum absolute atomic E-state index is 12.4. The number of carbonyl (C=O) groups is 5. The van der Waals surface area contributed by atoms with Gasteiger partial charge >= 0.3 is 0 Å². The zero-order valence-corrected chi connectivity index (χ0v) is 22.5. The largest absolute Gasteiger partial charge is 0.381 e. The molecule has 1 fully saturated rings. The lowest BCUT2D eigenvalue weighted by molar-refractivity contribution is -0.149. The molecule has 1 heterocycles. The van der Waals surface area contributed by atoms with E-state index in [1.807, 2.05) is 13.8 Å². The molecule has 10 nitrogen and oxygen atoms in total. The molecule has 0 aliphatic carbocycles. The number of imide groups is 3. The minimum atomic E-state index is -0.613. The van der Waals surface area contributed by atoms with Crippen LogP contribution in [0, 0.1) is 5.41 Å². The molecule has 0 atom stereocenters. The lowest BCUT2D eigenvalue weighted by Crippen LogP contribution is -2.47. The van der Waals surface area contributed by atoms with Crippen molar-refractivity contribution in [3.63, 3.8) is 0 Å². The first kappa shape index (κ1) is 31.3. The molecule has 1 aliphatic rings. The Bertz CT molecular complexity index is 692. The van der Waals surface area contributed by atoms with E-state index in [1.165, 1.54) is 0 Å². The lowest BCUT2D eigenvalue weighted by Gasteiger charge is -2.33. The van der Waals surface area contributed by atoms with Gasteiger partial charge in [-0.1, -0.05) is 15.9 Å². The quantitative estimate of drug-likeness (QED) is 0.136. The summed E-state index contributed by atoms with van der Waals surface area (Å²) in [5.41, 5.74) is -0.613. The van der Waals surface area contributed by atoms with Crippen molar-refractivity contribution < 1.29 is 38.2 Å². The van der Waals surface area contributed by atoms with E-state index in [2.05, 4.69) is 21.2 Å². The van der Waals surface area contributed by atoms with Crippen molar-refractivity contribution in [2.24, 2.45) is 5.41 Å². The summed E-state index contributed by atoms with van der Waals surface area (Å²) in [5, 5.41) is 3.27. The molecule has 1 aliphatic heterocycles. The average Bonchev–Trinajstić information content (AvgIpc) is 3.19. The Morgan fingerprint density at radius 1 is 0.886 bits per heavy atom. The van der Waals surface area contributed by atoms with Crippen molar-refractivity contribution in [1.29, 1.82) is 0 Å². The Kier molecular flexibility index (Phi) is 15.8. The van der Waals surface area contributed by atoms with Crippen LogP contribution in [-0.2, 0) is 38.2 Å². The standard InChI is InChI=1S/C24H39BrN2O8/c1-3-33-16-24(17-34-4-2,15-26-20(29)9-6-5-8-19(28)14-25)18-35-13-7-10-21(30)27-22(31)11-12-23(27)32/h3-18H2,1-2H3,(H,26,29). The third-order valence-corrected chi connectivity index (χ3v) is 6.16. The van der Waals surface area contributed by atoms with E-state index in [0.29, 0.717) is 70.4 Å².